The van der Waals surface area contributed by atoms with E-state index in [-0.39, 0.29) is 12.1 Å². The third-order valence-corrected chi connectivity index (χ3v) is 4.03. The summed E-state index contributed by atoms with van der Waals surface area (Å²) in [7, 11) is 0. The van der Waals surface area contributed by atoms with Crippen LogP contribution in [0.1, 0.15) is 27.7 Å². The lowest BCUT2D eigenvalue weighted by molar-refractivity contribution is 0.0159. The van der Waals surface area contributed by atoms with Crippen LogP contribution >= 0.6 is 0 Å². The van der Waals surface area contributed by atoms with Crippen molar-refractivity contribution in [3.63, 3.8) is 0 Å². The molecule has 1 aromatic heterocycles. The molecule has 130 valence electrons. The first-order valence-corrected chi connectivity index (χ1v) is 8.10. The molecule has 24 heavy (non-hydrogen) atoms. The van der Waals surface area contributed by atoms with Gasteiger partial charge in [-0.2, -0.15) is 0 Å². The molecule has 1 saturated heterocycles. The summed E-state index contributed by atoms with van der Waals surface area (Å²) in [4.78, 5) is 30.1. The molecule has 0 spiro atoms. The number of oxazole rings is 1. The topological polar surface area (TPSA) is 78.8 Å². The molecule has 1 aliphatic heterocycles. The lowest BCUT2D eigenvalue weighted by Gasteiger charge is -2.41. The van der Waals surface area contributed by atoms with Crippen molar-refractivity contribution in [3.05, 3.63) is 28.7 Å². The molecule has 0 bridgehead atoms. The van der Waals surface area contributed by atoms with Crippen molar-refractivity contribution < 1.29 is 13.9 Å². The van der Waals surface area contributed by atoms with Gasteiger partial charge in [-0.1, -0.05) is 0 Å². The van der Waals surface area contributed by atoms with E-state index >= 15 is 0 Å². The highest BCUT2D eigenvalue weighted by atomic mass is 16.6. The Hall–Kier alpha value is -2.44. The molecule has 0 aliphatic carbocycles. The SMILES string of the molecule is C[C@@H]1CN(c2ccc3[nH]c(=O)oc3c2)CCN1C(=O)OC(C)(C)C. The molecular formula is C17H23N3O4. The van der Waals surface area contributed by atoms with Crippen LogP contribution in [0.5, 0.6) is 0 Å². The number of carbonyl (C=O) groups is 1. The summed E-state index contributed by atoms with van der Waals surface area (Å²) in [5, 5.41) is 0. The van der Waals surface area contributed by atoms with Gasteiger partial charge in [-0.15, -0.1) is 0 Å². The summed E-state index contributed by atoms with van der Waals surface area (Å²) >= 11 is 0. The van der Waals surface area contributed by atoms with Crippen LogP contribution in [0, 0.1) is 0 Å². The quantitative estimate of drug-likeness (QED) is 0.868. The summed E-state index contributed by atoms with van der Waals surface area (Å²) < 4.78 is 10.6. The van der Waals surface area contributed by atoms with Crippen LogP contribution in [-0.2, 0) is 4.74 Å². The molecule has 1 aromatic carbocycles. The number of amides is 1. The van der Waals surface area contributed by atoms with Gasteiger partial charge in [-0.3, -0.25) is 4.98 Å². The van der Waals surface area contributed by atoms with E-state index in [0.717, 1.165) is 5.69 Å². The van der Waals surface area contributed by atoms with Crippen LogP contribution in [0.3, 0.4) is 0 Å². The maximum absolute atomic E-state index is 12.3. The molecule has 0 unspecified atom stereocenters. The third-order valence-electron chi connectivity index (χ3n) is 4.03. The maximum Gasteiger partial charge on any atom is 0.417 e. The number of H-pyrrole nitrogens is 1. The number of aromatic amines is 1. The Kier molecular flexibility index (Phi) is 4.03. The van der Waals surface area contributed by atoms with Gasteiger partial charge in [0.1, 0.15) is 5.60 Å². The van der Waals surface area contributed by atoms with Gasteiger partial charge in [0.15, 0.2) is 5.58 Å². The first kappa shape index (κ1) is 16.4. The van der Waals surface area contributed by atoms with Crippen molar-refractivity contribution in [2.75, 3.05) is 24.5 Å². The zero-order valence-corrected chi connectivity index (χ0v) is 14.5. The highest BCUT2D eigenvalue weighted by Gasteiger charge is 2.31. The Morgan fingerprint density at radius 1 is 1.33 bits per heavy atom. The van der Waals surface area contributed by atoms with Crippen LogP contribution < -0.4 is 10.7 Å². The molecule has 7 heteroatoms. The summed E-state index contributed by atoms with van der Waals surface area (Å²) in [6, 6.07) is 5.66. The second-order valence-corrected chi connectivity index (χ2v) is 7.16. The molecule has 0 radical (unpaired) electrons. The van der Waals surface area contributed by atoms with Crippen molar-refractivity contribution in [3.8, 4) is 0 Å². The molecule has 1 N–H and O–H groups in total. The predicted molar refractivity (Wildman–Crippen MR) is 91.4 cm³/mol. The van der Waals surface area contributed by atoms with E-state index in [0.29, 0.717) is 30.7 Å². The number of ether oxygens (including phenoxy) is 1. The van der Waals surface area contributed by atoms with Gasteiger partial charge in [0.2, 0.25) is 0 Å². The number of fused-ring (bicyclic) bond motifs is 1. The minimum absolute atomic E-state index is 0.0301. The highest BCUT2D eigenvalue weighted by molar-refractivity contribution is 5.77. The lowest BCUT2D eigenvalue weighted by atomic mass is 10.1. The fraction of sp³-hybridized carbons (Fsp3) is 0.529. The minimum atomic E-state index is -0.495. The third kappa shape index (κ3) is 3.39. The Bertz CT molecular complexity index is 802. The molecule has 3 rings (SSSR count). The Labute approximate surface area is 140 Å². The predicted octanol–water partition coefficient (Wildman–Crippen LogP) is 2.57. The maximum atomic E-state index is 12.3. The van der Waals surface area contributed by atoms with E-state index in [1.807, 2.05) is 45.9 Å². The number of piperazine rings is 1. The standard InChI is InChI=1S/C17H23N3O4/c1-11-10-19(7-8-20(11)16(22)24-17(2,3)4)12-5-6-13-14(9-12)23-15(21)18-13/h5-6,9,11H,7-8,10H2,1-4H3,(H,18,21)/t11-/m1/s1. The average molecular weight is 333 g/mol. The van der Waals surface area contributed by atoms with Gasteiger partial charge in [-0.25, -0.2) is 9.59 Å². The van der Waals surface area contributed by atoms with Crippen LogP contribution in [0.4, 0.5) is 10.5 Å². The number of nitrogens with zero attached hydrogens (tertiary/aromatic N) is 2. The summed E-state index contributed by atoms with van der Waals surface area (Å²) in [6.45, 7) is 9.59. The van der Waals surface area contributed by atoms with Gasteiger partial charge in [0.25, 0.3) is 0 Å². The first-order valence-electron chi connectivity index (χ1n) is 8.10. The van der Waals surface area contributed by atoms with Gasteiger partial charge < -0.3 is 19.0 Å². The molecule has 7 nitrogen and oxygen atoms in total. The number of carbonyl (C=O) groups excluding carboxylic acids is 1. The molecule has 1 amide bonds. The molecule has 1 aliphatic rings. The second kappa shape index (κ2) is 5.89. The zero-order chi connectivity index (χ0) is 17.5. The molecule has 2 aromatic rings. The highest BCUT2D eigenvalue weighted by Crippen LogP contribution is 2.24. The van der Waals surface area contributed by atoms with Crippen molar-refractivity contribution in [1.82, 2.24) is 9.88 Å². The largest absolute Gasteiger partial charge is 0.444 e. The van der Waals surface area contributed by atoms with E-state index in [4.69, 9.17) is 9.15 Å². The number of hydrogen-bond donors (Lipinski definition) is 1. The number of benzene rings is 1. The van der Waals surface area contributed by atoms with Gasteiger partial charge in [0.05, 0.1) is 5.52 Å². The van der Waals surface area contributed by atoms with Crippen LogP contribution in [0.15, 0.2) is 27.4 Å². The normalized spacial score (nSPS) is 18.9. The summed E-state index contributed by atoms with van der Waals surface area (Å²) in [5.74, 6) is -0.453. The smallest absolute Gasteiger partial charge is 0.417 e. The average Bonchev–Trinajstić information content (AvgIpc) is 2.84. The van der Waals surface area contributed by atoms with E-state index in [2.05, 4.69) is 9.88 Å². The molecule has 0 saturated carbocycles. The first-order chi connectivity index (χ1) is 11.2. The van der Waals surface area contributed by atoms with E-state index in [9.17, 15) is 9.59 Å². The number of nitrogens with one attached hydrogen (secondary N) is 1. The Morgan fingerprint density at radius 2 is 2.08 bits per heavy atom. The second-order valence-electron chi connectivity index (χ2n) is 7.16. The molecular weight excluding hydrogens is 310 g/mol. The van der Waals surface area contributed by atoms with Crippen molar-refractivity contribution in [1.29, 1.82) is 0 Å². The Morgan fingerprint density at radius 3 is 2.75 bits per heavy atom. The number of rotatable bonds is 1. The van der Waals surface area contributed by atoms with Crippen LogP contribution in [0.25, 0.3) is 11.1 Å². The van der Waals surface area contributed by atoms with Crippen molar-refractivity contribution >= 4 is 22.9 Å². The fourth-order valence-corrected chi connectivity index (χ4v) is 2.91. The van der Waals surface area contributed by atoms with Gasteiger partial charge >= 0.3 is 11.8 Å². The lowest BCUT2D eigenvalue weighted by Crippen LogP contribution is -2.55. The molecule has 1 fully saturated rings. The Balaban J connectivity index is 1.72. The number of hydrogen-bond acceptors (Lipinski definition) is 5. The number of aromatic nitrogens is 1. The number of anilines is 1. The van der Waals surface area contributed by atoms with E-state index in [1.165, 1.54) is 0 Å². The van der Waals surface area contributed by atoms with Crippen LogP contribution in [-0.4, -0.2) is 47.3 Å². The fourth-order valence-electron chi connectivity index (χ4n) is 2.91. The van der Waals surface area contributed by atoms with Crippen molar-refractivity contribution in [2.24, 2.45) is 0 Å². The van der Waals surface area contributed by atoms with Crippen LogP contribution in [0.2, 0.25) is 0 Å². The van der Waals surface area contributed by atoms with E-state index < -0.39 is 11.4 Å². The monoisotopic (exact) mass is 333 g/mol. The van der Waals surface area contributed by atoms with E-state index in [1.54, 1.807) is 4.90 Å². The summed E-state index contributed by atoms with van der Waals surface area (Å²) in [5.41, 5.74) is 1.70. The molecule has 2 heterocycles. The molecule has 1 atom stereocenters. The summed E-state index contributed by atoms with van der Waals surface area (Å²) in [6.07, 6.45) is -0.276. The van der Waals surface area contributed by atoms with Gasteiger partial charge in [-0.05, 0) is 39.8 Å². The minimum Gasteiger partial charge on any atom is -0.444 e. The van der Waals surface area contributed by atoms with Gasteiger partial charge in [0, 0.05) is 37.4 Å². The zero-order valence-electron chi connectivity index (χ0n) is 14.5. The van der Waals surface area contributed by atoms with Crippen molar-refractivity contribution in [2.45, 2.75) is 39.3 Å².